The Bertz CT molecular complexity index is 801. The predicted molar refractivity (Wildman–Crippen MR) is 103 cm³/mol. The monoisotopic (exact) mass is 395 g/mol. The van der Waals surface area contributed by atoms with E-state index in [2.05, 4.69) is 22.0 Å². The van der Waals surface area contributed by atoms with Gasteiger partial charge in [0.25, 0.3) is 0 Å². The van der Waals surface area contributed by atoms with Crippen molar-refractivity contribution in [2.24, 2.45) is 10.7 Å². The molecular weight excluding hydrogens is 371 g/mol. The van der Waals surface area contributed by atoms with Crippen LogP contribution >= 0.6 is 0 Å². The molecule has 2 rings (SSSR count). The molecule has 28 heavy (non-hydrogen) atoms. The average molecular weight is 395 g/mol. The molecule has 6 nitrogen and oxygen atoms in total. The third-order valence-corrected chi connectivity index (χ3v) is 4.50. The summed E-state index contributed by atoms with van der Waals surface area (Å²) in [7, 11) is 0. The highest BCUT2D eigenvalue weighted by Gasteiger charge is 2.37. The Kier molecular flexibility index (Phi) is 6.95. The zero-order valence-electron chi connectivity index (χ0n) is 15.9. The molecule has 1 unspecified atom stereocenters. The van der Waals surface area contributed by atoms with E-state index in [4.69, 9.17) is 5.73 Å². The molecule has 0 amide bonds. The number of hydrogen-bond donors (Lipinski definition) is 2. The summed E-state index contributed by atoms with van der Waals surface area (Å²) >= 11 is 0. The van der Waals surface area contributed by atoms with Gasteiger partial charge in [-0.05, 0) is 32.2 Å². The normalized spacial score (nSPS) is 18.9. The number of ketones is 1. The number of aromatic nitrogens is 1. The van der Waals surface area contributed by atoms with Crippen LogP contribution in [0.3, 0.4) is 0 Å². The van der Waals surface area contributed by atoms with Crippen molar-refractivity contribution in [3.63, 3.8) is 0 Å². The van der Waals surface area contributed by atoms with E-state index in [-0.39, 0.29) is 17.4 Å². The second-order valence-corrected chi connectivity index (χ2v) is 6.35. The summed E-state index contributed by atoms with van der Waals surface area (Å²) < 4.78 is 40.5. The molecule has 2 heterocycles. The zero-order chi connectivity index (χ0) is 20.9. The van der Waals surface area contributed by atoms with Gasteiger partial charge in [0.1, 0.15) is 17.3 Å². The molecule has 9 heteroatoms. The molecule has 1 aromatic rings. The Balaban J connectivity index is 2.56. The Labute approximate surface area is 162 Å². The van der Waals surface area contributed by atoms with Crippen molar-refractivity contribution in [3.05, 3.63) is 46.9 Å². The first kappa shape index (κ1) is 21.6. The second-order valence-electron chi connectivity index (χ2n) is 6.35. The van der Waals surface area contributed by atoms with Gasteiger partial charge in [-0.2, -0.15) is 13.2 Å². The maximum absolute atomic E-state index is 13.5. The van der Waals surface area contributed by atoms with E-state index in [0.29, 0.717) is 25.5 Å². The maximum Gasteiger partial charge on any atom is 0.418 e. The van der Waals surface area contributed by atoms with Gasteiger partial charge in [-0.1, -0.05) is 19.1 Å². The molecule has 0 bridgehead atoms. The number of nitrogens with two attached hydrogens (primary N) is 1. The highest BCUT2D eigenvalue weighted by molar-refractivity contribution is 6.11. The molecule has 0 spiro atoms. The number of pyridine rings is 1. The standard InChI is InChI=1S/C19H24F3N5O/c1-4-6-13(18(23)24-3)17(28)16-14(19(20,21)22)7-8-15(26-16)27-10-9-25-12(5-2)11-27/h4,6-8,12,25H,3,5,9-11,23H2,1-2H3/b6-4-,18-13+. The number of anilines is 1. The van der Waals surface area contributed by atoms with Crippen LogP contribution < -0.4 is 16.0 Å². The van der Waals surface area contributed by atoms with Crippen LogP contribution in [0, 0.1) is 0 Å². The first-order valence-electron chi connectivity index (χ1n) is 8.93. The van der Waals surface area contributed by atoms with Gasteiger partial charge in [0.2, 0.25) is 5.78 Å². The average Bonchev–Trinajstić information content (AvgIpc) is 2.69. The van der Waals surface area contributed by atoms with Gasteiger partial charge in [-0.15, -0.1) is 0 Å². The minimum Gasteiger partial charge on any atom is -0.383 e. The number of aliphatic imine (C=N–C) groups is 1. The van der Waals surface area contributed by atoms with Crippen molar-refractivity contribution >= 4 is 18.3 Å². The van der Waals surface area contributed by atoms with E-state index in [1.165, 1.54) is 18.2 Å². The number of halogens is 3. The lowest BCUT2D eigenvalue weighted by Crippen LogP contribution is -2.50. The highest BCUT2D eigenvalue weighted by atomic mass is 19.4. The molecule has 3 N–H and O–H groups in total. The van der Waals surface area contributed by atoms with Gasteiger partial charge in [0, 0.05) is 25.7 Å². The lowest BCUT2D eigenvalue weighted by Gasteiger charge is -2.34. The largest absolute Gasteiger partial charge is 0.418 e. The van der Waals surface area contributed by atoms with Gasteiger partial charge in [-0.3, -0.25) is 4.79 Å². The SMILES string of the molecule is C=N/C(N)=C(\C=C/C)C(=O)c1nc(N2CCNC(CC)C2)ccc1C(F)(F)F. The molecule has 1 aliphatic rings. The summed E-state index contributed by atoms with van der Waals surface area (Å²) in [6.07, 6.45) is -1.06. The summed E-state index contributed by atoms with van der Waals surface area (Å²) in [5.41, 5.74) is 3.68. The van der Waals surface area contributed by atoms with Crippen LogP contribution in [0.5, 0.6) is 0 Å². The molecule has 1 fully saturated rings. The number of hydrogen-bond acceptors (Lipinski definition) is 6. The van der Waals surface area contributed by atoms with Crippen LogP contribution in [0.4, 0.5) is 19.0 Å². The zero-order valence-corrected chi connectivity index (χ0v) is 15.9. The predicted octanol–water partition coefficient (Wildman–Crippen LogP) is 2.92. The summed E-state index contributed by atoms with van der Waals surface area (Å²) in [5, 5.41) is 3.33. The molecule has 1 aromatic heterocycles. The van der Waals surface area contributed by atoms with E-state index in [9.17, 15) is 18.0 Å². The number of nitrogens with zero attached hydrogens (tertiary/aromatic N) is 3. The van der Waals surface area contributed by atoms with Crippen molar-refractivity contribution in [2.45, 2.75) is 32.5 Å². The minimum absolute atomic E-state index is 0.181. The van der Waals surface area contributed by atoms with Crippen molar-refractivity contribution < 1.29 is 18.0 Å². The molecule has 1 atom stereocenters. The lowest BCUT2D eigenvalue weighted by molar-refractivity contribution is -0.138. The van der Waals surface area contributed by atoms with E-state index in [0.717, 1.165) is 12.5 Å². The number of allylic oxidation sites excluding steroid dienone is 3. The van der Waals surface area contributed by atoms with Crippen molar-refractivity contribution in [3.8, 4) is 0 Å². The van der Waals surface area contributed by atoms with Crippen molar-refractivity contribution in [1.29, 1.82) is 0 Å². The number of carbonyl (C=O) groups excluding carboxylic acids is 1. The van der Waals surface area contributed by atoms with Crippen LogP contribution in [-0.4, -0.2) is 43.2 Å². The van der Waals surface area contributed by atoms with Crippen LogP contribution in [-0.2, 0) is 6.18 Å². The molecule has 152 valence electrons. The minimum atomic E-state index is -4.73. The third-order valence-electron chi connectivity index (χ3n) is 4.50. The van der Waals surface area contributed by atoms with Crippen LogP contribution in [0.1, 0.15) is 36.3 Å². The van der Waals surface area contributed by atoms with E-state index < -0.39 is 23.2 Å². The van der Waals surface area contributed by atoms with E-state index in [1.807, 2.05) is 11.8 Å². The topological polar surface area (TPSA) is 83.6 Å². The van der Waals surface area contributed by atoms with Gasteiger partial charge in [0.15, 0.2) is 0 Å². The van der Waals surface area contributed by atoms with Gasteiger partial charge in [0.05, 0.1) is 11.1 Å². The lowest BCUT2D eigenvalue weighted by atomic mass is 10.0. The molecule has 0 radical (unpaired) electrons. The van der Waals surface area contributed by atoms with Gasteiger partial charge in [-0.25, -0.2) is 9.98 Å². The summed E-state index contributed by atoms with van der Waals surface area (Å²) in [4.78, 5) is 22.3. The van der Waals surface area contributed by atoms with Crippen LogP contribution in [0.15, 0.2) is 40.7 Å². The molecule has 0 saturated carbocycles. The molecule has 0 aromatic carbocycles. The number of Topliss-reactive ketones (excluding diaryl/α,β-unsaturated/α-hetero) is 1. The third kappa shape index (κ3) is 4.78. The second kappa shape index (κ2) is 9.01. The fourth-order valence-electron chi connectivity index (χ4n) is 2.99. The first-order valence-corrected chi connectivity index (χ1v) is 8.93. The number of carbonyl (C=O) groups is 1. The molecular formula is C19H24F3N5O. The number of alkyl halides is 3. The number of rotatable bonds is 6. The fourth-order valence-corrected chi connectivity index (χ4v) is 2.99. The Morgan fingerprint density at radius 3 is 2.79 bits per heavy atom. The summed E-state index contributed by atoms with van der Waals surface area (Å²) in [5.74, 6) is -0.878. The Morgan fingerprint density at radius 1 is 1.50 bits per heavy atom. The van der Waals surface area contributed by atoms with E-state index in [1.54, 1.807) is 6.92 Å². The quantitative estimate of drug-likeness (QED) is 0.335. The van der Waals surface area contributed by atoms with Crippen LogP contribution in [0.2, 0.25) is 0 Å². The maximum atomic E-state index is 13.5. The van der Waals surface area contributed by atoms with E-state index >= 15 is 0 Å². The van der Waals surface area contributed by atoms with Gasteiger partial charge < -0.3 is 16.0 Å². The summed E-state index contributed by atoms with van der Waals surface area (Å²) in [6, 6.07) is 2.39. The van der Waals surface area contributed by atoms with Gasteiger partial charge >= 0.3 is 6.18 Å². The highest BCUT2D eigenvalue weighted by Crippen LogP contribution is 2.34. The number of piperazine rings is 1. The molecule has 1 saturated heterocycles. The van der Waals surface area contributed by atoms with Crippen molar-refractivity contribution in [1.82, 2.24) is 10.3 Å². The first-order chi connectivity index (χ1) is 13.2. The molecule has 0 aliphatic carbocycles. The Hall–Kier alpha value is -2.68. The summed E-state index contributed by atoms with van der Waals surface area (Å²) in [6.45, 7) is 8.74. The molecule has 1 aliphatic heterocycles. The smallest absolute Gasteiger partial charge is 0.383 e. The van der Waals surface area contributed by atoms with Crippen LogP contribution in [0.25, 0.3) is 0 Å². The van der Waals surface area contributed by atoms with Crippen molar-refractivity contribution in [2.75, 3.05) is 24.5 Å². The number of nitrogens with one attached hydrogen (secondary N) is 1. The Morgan fingerprint density at radius 2 is 2.21 bits per heavy atom. The fraction of sp³-hybridized carbons (Fsp3) is 0.421.